The second kappa shape index (κ2) is 5.90. The van der Waals surface area contributed by atoms with E-state index in [-0.39, 0.29) is 10.7 Å². The molecule has 0 radical (unpaired) electrons. The number of nitrogens with zero attached hydrogens (tertiary/aromatic N) is 1. The summed E-state index contributed by atoms with van der Waals surface area (Å²) in [6.07, 6.45) is -1.20. The molecule has 0 spiro atoms. The third kappa shape index (κ3) is 3.56. The predicted octanol–water partition coefficient (Wildman–Crippen LogP) is 1.75. The van der Waals surface area contributed by atoms with Crippen molar-refractivity contribution < 1.29 is 18.3 Å². The summed E-state index contributed by atoms with van der Waals surface area (Å²) in [6, 6.07) is 11.0. The highest BCUT2D eigenvalue weighted by molar-refractivity contribution is 7.89. The summed E-state index contributed by atoms with van der Waals surface area (Å²) in [4.78, 5) is 14.9. The van der Waals surface area contributed by atoms with E-state index in [4.69, 9.17) is 5.11 Å². The number of benzene rings is 1. The van der Waals surface area contributed by atoms with Crippen molar-refractivity contribution in [2.75, 3.05) is 12.4 Å². The number of anilines is 1. The number of hydrogen-bond acceptors (Lipinski definition) is 4. The van der Waals surface area contributed by atoms with Gasteiger partial charge < -0.3 is 5.11 Å². The topological polar surface area (TPSA) is 108 Å². The fourth-order valence-corrected chi connectivity index (χ4v) is 2.43. The molecule has 0 fully saturated rings. The molecule has 0 saturated heterocycles. The second-order valence-corrected chi connectivity index (χ2v) is 5.96. The van der Waals surface area contributed by atoms with Gasteiger partial charge in [0, 0.05) is 5.56 Å². The van der Waals surface area contributed by atoms with Gasteiger partial charge in [0.05, 0.1) is 10.6 Å². The number of pyridine rings is 1. The molecule has 3 N–H and O–H groups in total. The van der Waals surface area contributed by atoms with Crippen molar-refractivity contribution in [1.82, 2.24) is 9.71 Å². The van der Waals surface area contributed by atoms with Gasteiger partial charge >= 0.3 is 6.09 Å². The van der Waals surface area contributed by atoms with Crippen molar-refractivity contribution >= 4 is 21.9 Å². The summed E-state index contributed by atoms with van der Waals surface area (Å²) in [5.74, 6) is 0.201. The molecule has 0 unspecified atom stereocenters. The van der Waals surface area contributed by atoms with Gasteiger partial charge in [-0.25, -0.2) is 22.9 Å². The molecule has 0 bridgehead atoms. The highest BCUT2D eigenvalue weighted by Gasteiger charge is 2.11. The summed E-state index contributed by atoms with van der Waals surface area (Å²) in [5, 5.41) is 10.8. The first-order valence-electron chi connectivity index (χ1n) is 5.93. The van der Waals surface area contributed by atoms with Crippen LogP contribution in [-0.4, -0.2) is 31.6 Å². The maximum absolute atomic E-state index is 11.6. The first-order chi connectivity index (χ1) is 9.92. The molecule has 0 saturated carbocycles. The summed E-state index contributed by atoms with van der Waals surface area (Å²) < 4.78 is 25.5. The van der Waals surface area contributed by atoms with Crippen molar-refractivity contribution in [1.29, 1.82) is 0 Å². The summed E-state index contributed by atoms with van der Waals surface area (Å²) in [7, 11) is -2.14. The molecular weight excluding hydrogens is 294 g/mol. The highest BCUT2D eigenvalue weighted by Crippen LogP contribution is 2.20. The maximum Gasteiger partial charge on any atom is 0.410 e. The van der Waals surface area contributed by atoms with Gasteiger partial charge in [-0.15, -0.1) is 0 Å². The number of carboxylic acid groups (broad SMARTS) is 1. The molecule has 8 heteroatoms. The quantitative estimate of drug-likeness (QED) is 0.797. The maximum atomic E-state index is 11.6. The lowest BCUT2D eigenvalue weighted by molar-refractivity contribution is 0.209. The van der Waals surface area contributed by atoms with E-state index in [0.717, 1.165) is 0 Å². The SMILES string of the molecule is CNS(=O)(=O)c1ccc(-c2cccc(NC(=O)O)n2)cc1. The Morgan fingerprint density at radius 1 is 1.14 bits per heavy atom. The monoisotopic (exact) mass is 307 g/mol. The van der Waals surface area contributed by atoms with Gasteiger partial charge in [0.25, 0.3) is 0 Å². The highest BCUT2D eigenvalue weighted by atomic mass is 32.2. The first-order valence-corrected chi connectivity index (χ1v) is 7.42. The predicted molar refractivity (Wildman–Crippen MR) is 77.6 cm³/mol. The molecule has 1 aromatic heterocycles. The number of rotatable bonds is 4. The Hall–Kier alpha value is -2.45. The number of nitrogens with one attached hydrogen (secondary N) is 2. The Balaban J connectivity index is 2.33. The lowest BCUT2D eigenvalue weighted by atomic mass is 10.1. The van der Waals surface area contributed by atoms with E-state index in [0.29, 0.717) is 11.3 Å². The van der Waals surface area contributed by atoms with Crippen molar-refractivity contribution in [3.05, 3.63) is 42.5 Å². The minimum absolute atomic E-state index is 0.147. The van der Waals surface area contributed by atoms with Crippen LogP contribution >= 0.6 is 0 Å². The minimum Gasteiger partial charge on any atom is -0.465 e. The molecule has 1 amide bonds. The summed E-state index contributed by atoms with van der Waals surface area (Å²) in [6.45, 7) is 0. The number of carbonyl (C=O) groups is 1. The Morgan fingerprint density at radius 3 is 2.38 bits per heavy atom. The van der Waals surface area contributed by atoms with Crippen LogP contribution in [0.5, 0.6) is 0 Å². The Bertz CT molecular complexity index is 757. The fraction of sp³-hybridized carbons (Fsp3) is 0.0769. The Morgan fingerprint density at radius 2 is 1.81 bits per heavy atom. The number of sulfonamides is 1. The van der Waals surface area contributed by atoms with Crippen molar-refractivity contribution in [2.45, 2.75) is 4.90 Å². The van der Waals surface area contributed by atoms with Crippen LogP contribution in [-0.2, 0) is 10.0 Å². The van der Waals surface area contributed by atoms with Crippen LogP contribution in [0.1, 0.15) is 0 Å². The molecule has 0 aliphatic heterocycles. The zero-order chi connectivity index (χ0) is 15.5. The van der Waals surface area contributed by atoms with Crippen LogP contribution in [0.3, 0.4) is 0 Å². The van der Waals surface area contributed by atoms with E-state index in [1.54, 1.807) is 24.3 Å². The van der Waals surface area contributed by atoms with Crippen LogP contribution in [0.4, 0.5) is 10.6 Å². The van der Waals surface area contributed by atoms with Gasteiger partial charge in [0.1, 0.15) is 5.82 Å². The van der Waals surface area contributed by atoms with E-state index >= 15 is 0 Å². The summed E-state index contributed by atoms with van der Waals surface area (Å²) in [5.41, 5.74) is 1.22. The van der Waals surface area contributed by atoms with Crippen molar-refractivity contribution in [3.8, 4) is 11.3 Å². The number of aromatic nitrogens is 1. The number of hydrogen-bond donors (Lipinski definition) is 3. The zero-order valence-electron chi connectivity index (χ0n) is 11.1. The van der Waals surface area contributed by atoms with Crippen LogP contribution in [0.2, 0.25) is 0 Å². The standard InChI is InChI=1S/C13H13N3O4S/c1-14-21(19,20)10-7-5-9(6-8-10)11-3-2-4-12(15-11)16-13(17)18/h2-8,14H,1H3,(H,15,16)(H,17,18). The van der Waals surface area contributed by atoms with Gasteiger partial charge in [0.15, 0.2) is 0 Å². The molecule has 0 aliphatic carbocycles. The molecule has 0 aliphatic rings. The van der Waals surface area contributed by atoms with Crippen molar-refractivity contribution in [3.63, 3.8) is 0 Å². The Labute approximate surface area is 121 Å². The van der Waals surface area contributed by atoms with Gasteiger partial charge in [-0.3, -0.25) is 5.32 Å². The van der Waals surface area contributed by atoms with Crippen LogP contribution in [0, 0.1) is 0 Å². The zero-order valence-corrected chi connectivity index (χ0v) is 11.9. The van der Waals surface area contributed by atoms with Crippen LogP contribution in [0.15, 0.2) is 47.4 Å². The molecule has 1 heterocycles. The van der Waals surface area contributed by atoms with E-state index in [2.05, 4.69) is 15.0 Å². The summed E-state index contributed by atoms with van der Waals surface area (Å²) >= 11 is 0. The van der Waals surface area contributed by atoms with Gasteiger partial charge in [0.2, 0.25) is 10.0 Å². The normalized spacial score (nSPS) is 11.1. The van der Waals surface area contributed by atoms with E-state index in [9.17, 15) is 13.2 Å². The Kier molecular flexibility index (Phi) is 4.20. The van der Waals surface area contributed by atoms with Crippen molar-refractivity contribution in [2.24, 2.45) is 0 Å². The van der Waals surface area contributed by atoms with Crippen LogP contribution < -0.4 is 10.0 Å². The molecule has 1 aromatic carbocycles. The lowest BCUT2D eigenvalue weighted by Crippen LogP contribution is -2.18. The van der Waals surface area contributed by atoms with Gasteiger partial charge in [-0.2, -0.15) is 0 Å². The lowest BCUT2D eigenvalue weighted by Gasteiger charge is -2.06. The average Bonchev–Trinajstić information content (AvgIpc) is 2.47. The van der Waals surface area contributed by atoms with E-state index < -0.39 is 16.1 Å². The third-order valence-electron chi connectivity index (χ3n) is 2.71. The largest absolute Gasteiger partial charge is 0.465 e. The molecule has 21 heavy (non-hydrogen) atoms. The third-order valence-corrected chi connectivity index (χ3v) is 4.14. The molecule has 0 atom stereocenters. The number of amides is 1. The first kappa shape index (κ1) is 14.9. The minimum atomic E-state index is -3.48. The van der Waals surface area contributed by atoms with E-state index in [1.165, 1.54) is 25.2 Å². The van der Waals surface area contributed by atoms with Gasteiger partial charge in [-0.1, -0.05) is 18.2 Å². The smallest absolute Gasteiger partial charge is 0.410 e. The van der Waals surface area contributed by atoms with Crippen LogP contribution in [0.25, 0.3) is 11.3 Å². The molecule has 110 valence electrons. The fourth-order valence-electron chi connectivity index (χ4n) is 1.70. The molecule has 7 nitrogen and oxygen atoms in total. The molecule has 2 rings (SSSR count). The second-order valence-electron chi connectivity index (χ2n) is 4.07. The average molecular weight is 307 g/mol. The molecular formula is C13H13N3O4S. The van der Waals surface area contributed by atoms with Gasteiger partial charge in [-0.05, 0) is 31.3 Å². The van der Waals surface area contributed by atoms with E-state index in [1.807, 2.05) is 0 Å². The molecule has 2 aromatic rings.